The molecule has 0 aromatic heterocycles. The predicted molar refractivity (Wildman–Crippen MR) is 203 cm³/mol. The molecule has 2 heterocycles. The molecule has 12 heteroatoms. The number of carbonyl (C=O) groups is 6. The standard InChI is InChI=1S/C27H22O2.2C9H4O5/c1-17-15-19(28)11-13-23(17)27(24-14-12-20(29)16-18(24)2)25-9-5-3-7-21(25)22-8-4-6-10-26(22)27;2*10-7(11)4-1-2-5-6(3-4)9(13)14-8(5)12/h3-16,28-29H,1-2H3;2*1-3H,(H,10,11). The molecule has 2 aliphatic heterocycles. The lowest BCUT2D eigenvalue weighted by molar-refractivity contribution is 0.0425. The number of carbonyl (C=O) groups excluding carboxylic acids is 4. The monoisotopic (exact) mass is 762 g/mol. The molecule has 6 aromatic carbocycles. The van der Waals surface area contributed by atoms with E-state index < -0.39 is 41.2 Å². The fourth-order valence-corrected chi connectivity index (χ4v) is 7.53. The van der Waals surface area contributed by atoms with E-state index in [0.717, 1.165) is 34.4 Å². The number of hydrogen-bond acceptors (Lipinski definition) is 10. The molecule has 282 valence electrons. The van der Waals surface area contributed by atoms with Crippen molar-refractivity contribution in [2.75, 3.05) is 0 Å². The van der Waals surface area contributed by atoms with Gasteiger partial charge in [0.2, 0.25) is 0 Å². The number of cyclic esters (lactones) is 4. The van der Waals surface area contributed by atoms with Crippen LogP contribution in [0.2, 0.25) is 0 Å². The molecule has 0 bridgehead atoms. The molecule has 0 radical (unpaired) electrons. The maximum atomic E-state index is 11.0. The smallest absolute Gasteiger partial charge is 0.346 e. The number of fused-ring (bicyclic) bond motifs is 5. The Kier molecular flexibility index (Phi) is 9.47. The van der Waals surface area contributed by atoms with Crippen LogP contribution < -0.4 is 0 Å². The first-order chi connectivity index (χ1) is 27.2. The van der Waals surface area contributed by atoms with Crippen LogP contribution in [-0.4, -0.2) is 56.2 Å². The van der Waals surface area contributed by atoms with E-state index in [1.807, 2.05) is 24.3 Å². The van der Waals surface area contributed by atoms with Gasteiger partial charge in [0.15, 0.2) is 0 Å². The molecule has 3 aliphatic rings. The molecule has 0 unspecified atom stereocenters. The summed E-state index contributed by atoms with van der Waals surface area (Å²) in [6, 6.07) is 35.7. The molecule has 4 N–H and O–H groups in total. The maximum absolute atomic E-state index is 11.0. The second kappa shape index (κ2) is 14.4. The van der Waals surface area contributed by atoms with Crippen LogP contribution in [0.5, 0.6) is 11.5 Å². The van der Waals surface area contributed by atoms with Crippen LogP contribution in [-0.2, 0) is 14.9 Å². The summed E-state index contributed by atoms with van der Waals surface area (Å²) in [5, 5.41) is 37.4. The van der Waals surface area contributed by atoms with E-state index in [-0.39, 0.29) is 44.9 Å². The zero-order valence-corrected chi connectivity index (χ0v) is 30.1. The highest BCUT2D eigenvalue weighted by Crippen LogP contribution is 2.57. The van der Waals surface area contributed by atoms with Crippen LogP contribution in [0, 0.1) is 13.8 Å². The second-order valence-electron chi connectivity index (χ2n) is 13.3. The highest BCUT2D eigenvalue weighted by atomic mass is 16.6. The Balaban J connectivity index is 0.000000148. The van der Waals surface area contributed by atoms with Gasteiger partial charge in [0.25, 0.3) is 0 Å². The Hall–Kier alpha value is -7.86. The number of carboxylic acids is 2. The summed E-state index contributed by atoms with van der Waals surface area (Å²) in [7, 11) is 0. The molecule has 0 amide bonds. The molecule has 0 fully saturated rings. The first-order valence-electron chi connectivity index (χ1n) is 17.3. The zero-order chi connectivity index (χ0) is 40.8. The largest absolute Gasteiger partial charge is 0.508 e. The highest BCUT2D eigenvalue weighted by molar-refractivity contribution is 6.16. The molecule has 12 nitrogen and oxygen atoms in total. The summed E-state index contributed by atoms with van der Waals surface area (Å²) >= 11 is 0. The van der Waals surface area contributed by atoms with E-state index in [1.165, 1.54) is 46.5 Å². The normalized spacial score (nSPS) is 13.7. The van der Waals surface area contributed by atoms with Gasteiger partial charge >= 0.3 is 35.8 Å². The van der Waals surface area contributed by atoms with Crippen molar-refractivity contribution in [3.05, 3.63) is 188 Å². The number of phenolic OH excluding ortho intramolecular Hbond substituents is 2. The second-order valence-corrected chi connectivity index (χ2v) is 13.3. The summed E-state index contributed by atoms with van der Waals surface area (Å²) < 4.78 is 8.59. The number of aromatic carboxylic acids is 2. The Labute approximate surface area is 323 Å². The van der Waals surface area contributed by atoms with Gasteiger partial charge in [-0.15, -0.1) is 0 Å². The summed E-state index contributed by atoms with van der Waals surface area (Å²) in [4.78, 5) is 65.1. The molecule has 6 aromatic rings. The third-order valence-electron chi connectivity index (χ3n) is 9.96. The Morgan fingerprint density at radius 3 is 1.18 bits per heavy atom. The van der Waals surface area contributed by atoms with Crippen LogP contribution in [0.3, 0.4) is 0 Å². The predicted octanol–water partition coefficient (Wildman–Crippen LogP) is 7.47. The van der Waals surface area contributed by atoms with Crippen LogP contribution >= 0.6 is 0 Å². The number of rotatable bonds is 4. The number of phenols is 2. The molecule has 0 saturated carbocycles. The van der Waals surface area contributed by atoms with Crippen LogP contribution in [0.4, 0.5) is 0 Å². The fraction of sp³-hybridized carbons (Fsp3) is 0.0667. The van der Waals surface area contributed by atoms with E-state index in [0.29, 0.717) is 0 Å². The SMILES string of the molecule is Cc1cc(O)ccc1C1(c2ccc(O)cc2C)c2ccccc2-c2ccccc21.O=C(O)c1ccc2c(c1)C(=O)OC2=O.O=C(O)c1ccc2c(c1)C(=O)OC2=O. The number of benzene rings is 6. The lowest BCUT2D eigenvalue weighted by Gasteiger charge is -2.36. The van der Waals surface area contributed by atoms with E-state index in [9.17, 15) is 39.0 Å². The number of carboxylic acid groups (broad SMARTS) is 2. The van der Waals surface area contributed by atoms with E-state index in [1.54, 1.807) is 12.1 Å². The number of esters is 4. The zero-order valence-electron chi connectivity index (χ0n) is 30.1. The van der Waals surface area contributed by atoms with Crippen molar-refractivity contribution in [1.82, 2.24) is 0 Å². The molecule has 9 rings (SSSR count). The van der Waals surface area contributed by atoms with Crippen molar-refractivity contribution in [3.63, 3.8) is 0 Å². The van der Waals surface area contributed by atoms with Gasteiger partial charge in [-0.1, -0.05) is 60.7 Å². The minimum Gasteiger partial charge on any atom is -0.508 e. The topological polar surface area (TPSA) is 202 Å². The molecule has 0 atom stereocenters. The maximum Gasteiger partial charge on any atom is 0.346 e. The van der Waals surface area contributed by atoms with Crippen molar-refractivity contribution in [3.8, 4) is 22.6 Å². The Morgan fingerprint density at radius 2 is 0.807 bits per heavy atom. The van der Waals surface area contributed by atoms with E-state index >= 15 is 0 Å². The summed E-state index contributed by atoms with van der Waals surface area (Å²) in [5.41, 5.74) is 8.88. The molecule has 57 heavy (non-hydrogen) atoms. The van der Waals surface area contributed by atoms with Gasteiger partial charge in [-0.3, -0.25) is 0 Å². The lowest BCUT2D eigenvalue weighted by Crippen LogP contribution is -2.30. The lowest BCUT2D eigenvalue weighted by atomic mass is 9.65. The van der Waals surface area contributed by atoms with Gasteiger partial charge < -0.3 is 29.9 Å². The minimum absolute atomic E-state index is 0.00917. The Morgan fingerprint density at radius 1 is 0.439 bits per heavy atom. The minimum atomic E-state index is -1.15. The third-order valence-corrected chi connectivity index (χ3v) is 9.96. The van der Waals surface area contributed by atoms with E-state index in [2.05, 4.69) is 71.9 Å². The average Bonchev–Trinajstić information content (AvgIpc) is 3.76. The van der Waals surface area contributed by atoms with Crippen LogP contribution in [0.25, 0.3) is 11.1 Å². The molecule has 0 saturated heterocycles. The third kappa shape index (κ3) is 6.44. The average molecular weight is 763 g/mol. The van der Waals surface area contributed by atoms with Gasteiger partial charge in [0.05, 0.1) is 38.8 Å². The quantitative estimate of drug-likeness (QED) is 0.102. The summed E-state index contributed by atoms with van der Waals surface area (Å²) in [5.74, 6) is -4.84. The van der Waals surface area contributed by atoms with Gasteiger partial charge in [-0.25, -0.2) is 28.8 Å². The molecular formula is C45H30O12. The van der Waals surface area contributed by atoms with Crippen LogP contribution in [0.1, 0.15) is 95.5 Å². The number of hydrogen-bond donors (Lipinski definition) is 4. The molecule has 1 aliphatic carbocycles. The number of aromatic hydroxyl groups is 2. The van der Waals surface area contributed by atoms with Crippen LogP contribution in [0.15, 0.2) is 121 Å². The van der Waals surface area contributed by atoms with E-state index in [4.69, 9.17) is 10.2 Å². The first kappa shape index (κ1) is 37.5. The van der Waals surface area contributed by atoms with Crippen molar-refractivity contribution >= 4 is 35.8 Å². The van der Waals surface area contributed by atoms with Crippen molar-refractivity contribution in [2.45, 2.75) is 19.3 Å². The Bertz CT molecular complexity index is 2540. The highest BCUT2D eigenvalue weighted by Gasteiger charge is 2.47. The number of ether oxygens (including phenoxy) is 2. The first-order valence-corrected chi connectivity index (χ1v) is 17.3. The van der Waals surface area contributed by atoms with Crippen molar-refractivity contribution in [2.24, 2.45) is 0 Å². The number of aryl methyl sites for hydroxylation is 2. The van der Waals surface area contributed by atoms with Gasteiger partial charge in [0.1, 0.15) is 11.5 Å². The summed E-state index contributed by atoms with van der Waals surface area (Å²) in [6.07, 6.45) is 0. The molecule has 0 spiro atoms. The van der Waals surface area contributed by atoms with Crippen molar-refractivity contribution in [1.29, 1.82) is 0 Å². The summed E-state index contributed by atoms with van der Waals surface area (Å²) in [6.45, 7) is 4.10. The van der Waals surface area contributed by atoms with Gasteiger partial charge in [-0.2, -0.15) is 0 Å². The fourth-order valence-electron chi connectivity index (χ4n) is 7.53. The van der Waals surface area contributed by atoms with Crippen molar-refractivity contribution < 1.29 is 58.7 Å². The van der Waals surface area contributed by atoms with Gasteiger partial charge in [0, 0.05) is 0 Å². The molecular weight excluding hydrogens is 732 g/mol. The van der Waals surface area contributed by atoms with Gasteiger partial charge in [-0.05, 0) is 119 Å².